The zero-order valence-electron chi connectivity index (χ0n) is 25.8. The van der Waals surface area contributed by atoms with Crippen LogP contribution in [-0.2, 0) is 28.8 Å². The third-order valence-electron chi connectivity index (χ3n) is 9.13. The second-order valence-electron chi connectivity index (χ2n) is 13.2. The van der Waals surface area contributed by atoms with Crippen LogP contribution in [0.2, 0.25) is 0 Å². The first-order valence-electron chi connectivity index (χ1n) is 15.5. The molecule has 10 nitrogen and oxygen atoms in total. The van der Waals surface area contributed by atoms with Gasteiger partial charge in [-0.2, -0.15) is 0 Å². The number of amides is 3. The lowest BCUT2D eigenvalue weighted by atomic mass is 10.00. The van der Waals surface area contributed by atoms with Gasteiger partial charge < -0.3 is 29.5 Å². The summed E-state index contributed by atoms with van der Waals surface area (Å²) < 4.78 is 11.6. The van der Waals surface area contributed by atoms with E-state index < -0.39 is 11.6 Å². The van der Waals surface area contributed by atoms with Crippen molar-refractivity contribution in [3.63, 3.8) is 0 Å². The number of carbonyl (C=O) groups is 3. The van der Waals surface area contributed by atoms with Gasteiger partial charge in [-0.3, -0.25) is 9.69 Å². The lowest BCUT2D eigenvalue weighted by Gasteiger charge is -2.31. The molecule has 4 aliphatic heterocycles. The van der Waals surface area contributed by atoms with Crippen LogP contribution in [0.5, 0.6) is 5.75 Å². The van der Waals surface area contributed by atoms with Gasteiger partial charge in [-0.05, 0) is 74.9 Å². The van der Waals surface area contributed by atoms with Crippen molar-refractivity contribution >= 4 is 45.9 Å². The summed E-state index contributed by atoms with van der Waals surface area (Å²) in [6, 6.07) is 13.3. The summed E-state index contributed by atoms with van der Waals surface area (Å²) in [4.78, 5) is 47.6. The van der Waals surface area contributed by atoms with Gasteiger partial charge in [0.2, 0.25) is 5.91 Å². The highest BCUT2D eigenvalue weighted by molar-refractivity contribution is 6.06. The van der Waals surface area contributed by atoms with Crippen LogP contribution in [0, 0.1) is 0 Å². The molecule has 44 heavy (non-hydrogen) atoms. The third kappa shape index (κ3) is 5.00. The molecule has 0 spiro atoms. The Labute approximate surface area is 257 Å². The maximum atomic E-state index is 14.1. The van der Waals surface area contributed by atoms with E-state index in [0.29, 0.717) is 38.3 Å². The van der Waals surface area contributed by atoms with Crippen molar-refractivity contribution in [1.29, 1.82) is 0 Å². The summed E-state index contributed by atoms with van der Waals surface area (Å²) in [5.41, 5.74) is 5.31. The van der Waals surface area contributed by atoms with Gasteiger partial charge in [0.25, 0.3) is 0 Å². The van der Waals surface area contributed by atoms with E-state index in [1.54, 1.807) is 9.80 Å². The molecular formula is C34H39N5O5. The zero-order valence-corrected chi connectivity index (χ0v) is 25.8. The standard InChI is InChI=1S/C34H39N5O5/c1-34(2,3)44-33(42)39-14-12-23-25-19-27(35-26(25)9-10-28(23)39)31(40)38-13-11-22-21-7-5-6-8-24(21)30(20-29(22)38)43-32(41)37-17-15-36(4)16-18-37/h5-10,20,27,35H,11-19H2,1-4H3. The molecule has 1 atom stereocenters. The SMILES string of the molecule is CN1CCN(C(=O)Oc2cc3c(c4ccccc24)CCN3C(=O)C2Cc3c(ccc4c3CCN4C(=O)OC(C)(C)C)N2)CC1. The molecule has 0 saturated carbocycles. The molecule has 0 radical (unpaired) electrons. The van der Waals surface area contributed by atoms with Crippen LogP contribution in [0.25, 0.3) is 10.8 Å². The molecule has 10 heteroatoms. The molecular weight excluding hydrogens is 558 g/mol. The van der Waals surface area contributed by atoms with Crippen molar-refractivity contribution in [2.45, 2.75) is 51.7 Å². The summed E-state index contributed by atoms with van der Waals surface area (Å²) in [5, 5.41) is 5.34. The monoisotopic (exact) mass is 597 g/mol. The van der Waals surface area contributed by atoms with Crippen LogP contribution >= 0.6 is 0 Å². The first kappa shape index (κ1) is 28.5. The Kier molecular flexibility index (Phi) is 6.92. The molecule has 1 unspecified atom stereocenters. The van der Waals surface area contributed by atoms with Gasteiger partial charge in [0.1, 0.15) is 17.4 Å². The Bertz CT molecular complexity index is 1670. The molecule has 1 N–H and O–H groups in total. The number of benzene rings is 3. The molecule has 1 fully saturated rings. The Morgan fingerprint density at radius 2 is 1.50 bits per heavy atom. The summed E-state index contributed by atoms with van der Waals surface area (Å²) in [7, 11) is 2.05. The number of piperazine rings is 1. The van der Waals surface area contributed by atoms with Crippen LogP contribution in [0.4, 0.5) is 26.7 Å². The summed E-state index contributed by atoms with van der Waals surface area (Å²) in [6.45, 7) is 9.57. The van der Waals surface area contributed by atoms with Crippen molar-refractivity contribution < 1.29 is 23.9 Å². The van der Waals surface area contributed by atoms with E-state index in [2.05, 4.69) is 10.2 Å². The van der Waals surface area contributed by atoms with Gasteiger partial charge in [-0.15, -0.1) is 0 Å². The number of rotatable bonds is 2. The molecule has 4 aliphatic rings. The van der Waals surface area contributed by atoms with Crippen LogP contribution in [0.1, 0.15) is 37.5 Å². The minimum Gasteiger partial charge on any atom is -0.443 e. The van der Waals surface area contributed by atoms with Gasteiger partial charge in [0.15, 0.2) is 0 Å². The number of hydrogen-bond donors (Lipinski definition) is 1. The Morgan fingerprint density at radius 3 is 2.25 bits per heavy atom. The summed E-state index contributed by atoms with van der Waals surface area (Å²) in [5.74, 6) is 0.466. The second-order valence-corrected chi connectivity index (χ2v) is 13.2. The van der Waals surface area contributed by atoms with Crippen LogP contribution < -0.4 is 19.9 Å². The number of anilines is 3. The van der Waals surface area contributed by atoms with Gasteiger partial charge >= 0.3 is 12.2 Å². The fourth-order valence-corrected chi connectivity index (χ4v) is 6.91. The van der Waals surface area contributed by atoms with Crippen molar-refractivity contribution in [3.8, 4) is 5.75 Å². The number of nitrogens with one attached hydrogen (secondary N) is 1. The first-order chi connectivity index (χ1) is 21.1. The molecule has 7 rings (SSSR count). The van der Waals surface area contributed by atoms with E-state index in [-0.39, 0.29) is 18.1 Å². The summed E-state index contributed by atoms with van der Waals surface area (Å²) >= 11 is 0. The van der Waals surface area contributed by atoms with E-state index in [1.165, 1.54) is 0 Å². The Morgan fingerprint density at radius 1 is 0.795 bits per heavy atom. The Balaban J connectivity index is 1.13. The number of nitrogens with zero attached hydrogens (tertiary/aromatic N) is 4. The third-order valence-corrected chi connectivity index (χ3v) is 9.13. The van der Waals surface area contributed by atoms with E-state index in [9.17, 15) is 14.4 Å². The van der Waals surface area contributed by atoms with E-state index in [0.717, 1.165) is 70.5 Å². The van der Waals surface area contributed by atoms with Crippen LogP contribution in [-0.4, -0.2) is 85.9 Å². The van der Waals surface area contributed by atoms with Crippen molar-refractivity contribution in [1.82, 2.24) is 9.80 Å². The fourth-order valence-electron chi connectivity index (χ4n) is 6.91. The molecule has 4 heterocycles. The predicted molar refractivity (Wildman–Crippen MR) is 170 cm³/mol. The number of hydrogen-bond acceptors (Lipinski definition) is 7. The van der Waals surface area contributed by atoms with Gasteiger partial charge in [0.05, 0.1) is 11.4 Å². The zero-order chi connectivity index (χ0) is 30.7. The molecule has 0 aromatic heterocycles. The van der Waals surface area contributed by atoms with Gasteiger partial charge in [-0.25, -0.2) is 9.59 Å². The normalized spacial score (nSPS) is 19.5. The highest BCUT2D eigenvalue weighted by Crippen LogP contribution is 2.43. The minimum atomic E-state index is -0.574. The molecule has 3 aromatic carbocycles. The molecule has 3 aromatic rings. The Hall–Kier alpha value is -4.31. The molecule has 230 valence electrons. The van der Waals surface area contributed by atoms with Crippen molar-refractivity contribution in [2.75, 3.05) is 61.4 Å². The molecule has 0 aliphatic carbocycles. The number of fused-ring (bicyclic) bond motifs is 6. The van der Waals surface area contributed by atoms with Crippen molar-refractivity contribution in [3.05, 3.63) is 59.2 Å². The van der Waals surface area contributed by atoms with Crippen LogP contribution in [0.15, 0.2) is 42.5 Å². The van der Waals surface area contributed by atoms with Gasteiger partial charge in [0, 0.05) is 62.8 Å². The van der Waals surface area contributed by atoms with Crippen LogP contribution in [0.3, 0.4) is 0 Å². The minimum absolute atomic E-state index is 0.0117. The van der Waals surface area contributed by atoms with Crippen molar-refractivity contribution in [2.24, 2.45) is 0 Å². The fraction of sp³-hybridized carbons (Fsp3) is 0.441. The lowest BCUT2D eigenvalue weighted by Crippen LogP contribution is -2.48. The highest BCUT2D eigenvalue weighted by Gasteiger charge is 2.39. The molecule has 1 saturated heterocycles. The average molecular weight is 598 g/mol. The lowest BCUT2D eigenvalue weighted by molar-refractivity contribution is -0.119. The summed E-state index contributed by atoms with van der Waals surface area (Å²) in [6.07, 6.45) is 1.29. The largest absolute Gasteiger partial charge is 0.443 e. The number of carbonyl (C=O) groups excluding carboxylic acids is 3. The second kappa shape index (κ2) is 10.7. The average Bonchev–Trinajstić information content (AvgIpc) is 3.73. The first-order valence-corrected chi connectivity index (χ1v) is 15.5. The quantitative estimate of drug-likeness (QED) is 0.453. The van der Waals surface area contributed by atoms with E-state index in [4.69, 9.17) is 9.47 Å². The topological polar surface area (TPSA) is 94.7 Å². The van der Waals surface area contributed by atoms with E-state index in [1.807, 2.05) is 75.2 Å². The smallest absolute Gasteiger partial charge is 0.415 e. The highest BCUT2D eigenvalue weighted by atomic mass is 16.6. The predicted octanol–water partition coefficient (Wildman–Crippen LogP) is 4.81. The maximum absolute atomic E-state index is 14.1. The van der Waals surface area contributed by atoms with E-state index >= 15 is 0 Å². The molecule has 0 bridgehead atoms. The van der Waals surface area contributed by atoms with Gasteiger partial charge in [-0.1, -0.05) is 24.3 Å². The number of likely N-dealkylation sites (N-methyl/N-ethyl adjacent to an activating group) is 1. The number of ether oxygens (including phenoxy) is 2. The molecule has 3 amide bonds. The maximum Gasteiger partial charge on any atom is 0.415 e.